The summed E-state index contributed by atoms with van der Waals surface area (Å²) < 4.78 is 1.45. The molecule has 0 bridgehead atoms. The number of anilines is 2. The molecule has 6 heteroatoms. The van der Waals surface area contributed by atoms with Gasteiger partial charge in [0.25, 0.3) is 0 Å². The maximum atomic E-state index is 5.72. The van der Waals surface area contributed by atoms with Crippen LogP contribution in [0.3, 0.4) is 0 Å². The fourth-order valence-electron chi connectivity index (χ4n) is 0.994. The maximum Gasteiger partial charge on any atom is 0.240 e. The van der Waals surface area contributed by atoms with Gasteiger partial charge in [-0.25, -0.2) is 4.52 Å². The predicted molar refractivity (Wildman–Crippen MR) is 46.8 cm³/mol. The fourth-order valence-corrected chi connectivity index (χ4v) is 1.20. The molecule has 0 spiro atoms. The van der Waals surface area contributed by atoms with E-state index in [4.69, 9.17) is 23.1 Å². The van der Waals surface area contributed by atoms with Crippen molar-refractivity contribution < 1.29 is 0 Å². The maximum absolute atomic E-state index is 5.72. The highest BCUT2D eigenvalue weighted by molar-refractivity contribution is 6.30. The number of aromatic nitrogens is 3. The number of hydrogen-bond acceptors (Lipinski definition) is 4. The highest BCUT2D eigenvalue weighted by atomic mass is 35.5. The van der Waals surface area contributed by atoms with Crippen molar-refractivity contribution in [1.82, 2.24) is 14.6 Å². The molecule has 2 aromatic heterocycles. The van der Waals surface area contributed by atoms with Crippen LogP contribution < -0.4 is 11.5 Å². The highest BCUT2D eigenvalue weighted by Crippen LogP contribution is 2.17. The SMILES string of the molecule is Nc1nc2c(N)cc(Cl)cn2n1. The number of fused-ring (bicyclic) bond motifs is 1. The predicted octanol–water partition coefficient (Wildman–Crippen LogP) is 0.547. The Kier molecular flexibility index (Phi) is 1.34. The van der Waals surface area contributed by atoms with Crippen molar-refractivity contribution in [3.05, 3.63) is 17.3 Å². The highest BCUT2D eigenvalue weighted by Gasteiger charge is 2.04. The van der Waals surface area contributed by atoms with Crippen LogP contribution in [0.4, 0.5) is 11.6 Å². The standard InChI is InChI=1S/C6H6ClN5/c7-3-1-4(8)5-10-6(9)11-12(5)2-3/h1-2H,8H2,(H2,9,11). The number of pyridine rings is 1. The summed E-state index contributed by atoms with van der Waals surface area (Å²) in [6.07, 6.45) is 1.59. The molecule has 0 fully saturated rings. The van der Waals surface area contributed by atoms with Gasteiger partial charge in [-0.15, -0.1) is 5.10 Å². The van der Waals surface area contributed by atoms with Crippen molar-refractivity contribution in [1.29, 1.82) is 0 Å². The lowest BCUT2D eigenvalue weighted by molar-refractivity contribution is 0.969. The van der Waals surface area contributed by atoms with E-state index in [0.29, 0.717) is 16.4 Å². The molecule has 4 N–H and O–H groups in total. The molecule has 0 saturated heterocycles. The second kappa shape index (κ2) is 2.25. The van der Waals surface area contributed by atoms with Crippen LogP contribution in [0.2, 0.25) is 5.02 Å². The van der Waals surface area contributed by atoms with Gasteiger partial charge in [0, 0.05) is 6.20 Å². The molecule has 0 radical (unpaired) electrons. The monoisotopic (exact) mass is 183 g/mol. The lowest BCUT2D eigenvalue weighted by Gasteiger charge is -1.95. The average Bonchev–Trinajstić information content (AvgIpc) is 2.29. The van der Waals surface area contributed by atoms with Crippen molar-refractivity contribution in [2.24, 2.45) is 0 Å². The molecule has 5 nitrogen and oxygen atoms in total. The Hall–Kier alpha value is -1.49. The van der Waals surface area contributed by atoms with Gasteiger partial charge in [0.2, 0.25) is 5.95 Å². The number of nitrogen functional groups attached to an aromatic ring is 2. The van der Waals surface area contributed by atoms with E-state index in [1.165, 1.54) is 4.52 Å². The van der Waals surface area contributed by atoms with Gasteiger partial charge in [-0.3, -0.25) is 0 Å². The van der Waals surface area contributed by atoms with Gasteiger partial charge in [-0.1, -0.05) is 11.6 Å². The van der Waals surface area contributed by atoms with Gasteiger partial charge < -0.3 is 11.5 Å². The van der Waals surface area contributed by atoms with Gasteiger partial charge in [-0.05, 0) is 6.07 Å². The smallest absolute Gasteiger partial charge is 0.240 e. The largest absolute Gasteiger partial charge is 0.396 e. The van der Waals surface area contributed by atoms with Gasteiger partial charge >= 0.3 is 0 Å². The van der Waals surface area contributed by atoms with E-state index in [0.717, 1.165) is 0 Å². The Balaban J connectivity index is 2.88. The first kappa shape index (κ1) is 7.17. The summed E-state index contributed by atoms with van der Waals surface area (Å²) in [6.45, 7) is 0. The molecular weight excluding hydrogens is 178 g/mol. The average molecular weight is 184 g/mol. The molecule has 0 aliphatic heterocycles. The third-order valence-corrected chi connectivity index (χ3v) is 1.65. The van der Waals surface area contributed by atoms with E-state index in [2.05, 4.69) is 10.1 Å². The number of halogens is 1. The molecule has 0 amide bonds. The van der Waals surface area contributed by atoms with Crippen LogP contribution in [0.15, 0.2) is 12.3 Å². The van der Waals surface area contributed by atoms with Gasteiger partial charge in [0.1, 0.15) is 0 Å². The van der Waals surface area contributed by atoms with Crippen molar-refractivity contribution in [2.45, 2.75) is 0 Å². The third-order valence-electron chi connectivity index (χ3n) is 1.44. The first-order valence-corrected chi connectivity index (χ1v) is 3.61. The van der Waals surface area contributed by atoms with Crippen LogP contribution in [-0.4, -0.2) is 14.6 Å². The van der Waals surface area contributed by atoms with Gasteiger partial charge in [0.05, 0.1) is 10.7 Å². The molecule has 0 saturated carbocycles. The van der Waals surface area contributed by atoms with Gasteiger partial charge in [-0.2, -0.15) is 4.98 Å². The summed E-state index contributed by atoms with van der Waals surface area (Å²) in [5.74, 6) is 0.184. The van der Waals surface area contributed by atoms with Crippen molar-refractivity contribution in [3.8, 4) is 0 Å². The van der Waals surface area contributed by atoms with Crippen LogP contribution in [0.5, 0.6) is 0 Å². The van der Waals surface area contributed by atoms with E-state index in [-0.39, 0.29) is 5.95 Å². The molecule has 0 aromatic carbocycles. The lowest BCUT2D eigenvalue weighted by atomic mass is 10.4. The minimum atomic E-state index is 0.184. The summed E-state index contributed by atoms with van der Waals surface area (Å²) in [5, 5.41) is 4.36. The molecule has 2 rings (SSSR count). The molecule has 62 valence electrons. The Bertz CT molecular complexity index is 435. The van der Waals surface area contributed by atoms with Crippen LogP contribution in [0, 0.1) is 0 Å². The summed E-state index contributed by atoms with van der Waals surface area (Å²) in [6, 6.07) is 1.60. The Morgan fingerprint density at radius 3 is 2.92 bits per heavy atom. The molecule has 12 heavy (non-hydrogen) atoms. The van der Waals surface area contributed by atoms with E-state index in [1.54, 1.807) is 12.3 Å². The molecule has 0 atom stereocenters. The van der Waals surface area contributed by atoms with E-state index in [1.807, 2.05) is 0 Å². The zero-order valence-corrected chi connectivity index (χ0v) is 6.78. The number of hydrogen-bond donors (Lipinski definition) is 2. The van der Waals surface area contributed by atoms with E-state index in [9.17, 15) is 0 Å². The molecule has 0 unspecified atom stereocenters. The zero-order chi connectivity index (χ0) is 8.72. The van der Waals surface area contributed by atoms with Crippen molar-refractivity contribution in [3.63, 3.8) is 0 Å². The summed E-state index contributed by atoms with van der Waals surface area (Å²) in [4.78, 5) is 3.90. The first-order chi connectivity index (χ1) is 5.66. The third kappa shape index (κ3) is 0.947. The molecular formula is C6H6ClN5. The first-order valence-electron chi connectivity index (χ1n) is 3.23. The minimum Gasteiger partial charge on any atom is -0.396 e. The molecule has 0 aliphatic carbocycles. The summed E-state index contributed by atoms with van der Waals surface area (Å²) >= 11 is 5.72. The second-order valence-corrected chi connectivity index (χ2v) is 2.79. The Morgan fingerprint density at radius 2 is 2.17 bits per heavy atom. The number of rotatable bonds is 0. The van der Waals surface area contributed by atoms with Gasteiger partial charge in [0.15, 0.2) is 5.65 Å². The second-order valence-electron chi connectivity index (χ2n) is 2.35. The Morgan fingerprint density at radius 1 is 1.42 bits per heavy atom. The zero-order valence-electron chi connectivity index (χ0n) is 6.03. The van der Waals surface area contributed by atoms with E-state index < -0.39 is 0 Å². The molecule has 0 aliphatic rings. The van der Waals surface area contributed by atoms with Crippen LogP contribution in [0.1, 0.15) is 0 Å². The normalized spacial score (nSPS) is 10.8. The van der Waals surface area contributed by atoms with Crippen LogP contribution >= 0.6 is 11.6 Å². The van der Waals surface area contributed by atoms with Crippen molar-refractivity contribution >= 4 is 28.9 Å². The lowest BCUT2D eigenvalue weighted by Crippen LogP contribution is -1.93. The topological polar surface area (TPSA) is 82.2 Å². The minimum absolute atomic E-state index is 0.184. The molecule has 2 aromatic rings. The van der Waals surface area contributed by atoms with Crippen molar-refractivity contribution in [2.75, 3.05) is 11.5 Å². The number of nitrogens with zero attached hydrogens (tertiary/aromatic N) is 3. The quantitative estimate of drug-likeness (QED) is 0.625. The summed E-state index contributed by atoms with van der Waals surface area (Å²) in [5.41, 5.74) is 12.0. The Labute approximate surface area is 72.9 Å². The fraction of sp³-hybridized carbons (Fsp3) is 0. The van der Waals surface area contributed by atoms with Crippen LogP contribution in [0.25, 0.3) is 5.65 Å². The number of nitrogens with two attached hydrogens (primary N) is 2. The van der Waals surface area contributed by atoms with E-state index >= 15 is 0 Å². The van der Waals surface area contributed by atoms with Crippen LogP contribution in [-0.2, 0) is 0 Å². The summed E-state index contributed by atoms with van der Waals surface area (Å²) in [7, 11) is 0. The molecule has 2 heterocycles.